The number of benzene rings is 1. The van der Waals surface area contributed by atoms with E-state index in [1.54, 1.807) is 31.2 Å². The molecule has 0 radical (unpaired) electrons. The zero-order chi connectivity index (χ0) is 19.2. The summed E-state index contributed by atoms with van der Waals surface area (Å²) in [6, 6.07) is 6.50. The minimum absolute atomic E-state index is 0.00454. The summed E-state index contributed by atoms with van der Waals surface area (Å²) >= 11 is 0. The topological polar surface area (TPSA) is 143 Å². The van der Waals surface area contributed by atoms with Crippen molar-refractivity contribution in [1.29, 1.82) is 0 Å². The Kier molecular flexibility index (Phi) is 6.41. The van der Waals surface area contributed by atoms with Gasteiger partial charge in [-0.2, -0.15) is 0 Å². The first kappa shape index (κ1) is 19.5. The van der Waals surface area contributed by atoms with Crippen LogP contribution in [0.15, 0.2) is 30.5 Å². The lowest BCUT2D eigenvalue weighted by Crippen LogP contribution is -2.25. The van der Waals surface area contributed by atoms with Gasteiger partial charge >= 0.3 is 5.97 Å². The number of carboxylic acid groups (broad SMARTS) is 1. The normalized spacial score (nSPS) is 11.3. The van der Waals surface area contributed by atoms with E-state index in [-0.39, 0.29) is 31.3 Å². The van der Waals surface area contributed by atoms with Gasteiger partial charge in [-0.15, -0.1) is 5.10 Å². The summed E-state index contributed by atoms with van der Waals surface area (Å²) in [5.74, 6) is -1.37. The van der Waals surface area contributed by atoms with Crippen LogP contribution in [0.25, 0.3) is 0 Å². The Morgan fingerprint density at radius 3 is 2.50 bits per heavy atom. The van der Waals surface area contributed by atoms with E-state index < -0.39 is 16.0 Å². The van der Waals surface area contributed by atoms with Crippen LogP contribution in [-0.4, -0.2) is 46.1 Å². The number of rotatable bonds is 9. The average Bonchev–Trinajstić information content (AvgIpc) is 3.05. The van der Waals surface area contributed by atoms with Crippen molar-refractivity contribution in [3.8, 4) is 0 Å². The molecule has 0 saturated heterocycles. The van der Waals surface area contributed by atoms with E-state index in [0.29, 0.717) is 11.3 Å². The third-order valence-electron chi connectivity index (χ3n) is 3.41. The standard InChI is InChI=1S/C15H19N5O5S/c1-2-26(24,25)17-7-11-3-5-12(6-4-11)15(23)16-8-13-9-20(19-18-13)10-14(21)22/h3-6,9,17H,2,7-8,10H2,1H3,(H,16,23)(H,21,22). The fraction of sp³-hybridized carbons (Fsp3) is 0.333. The molecule has 0 saturated carbocycles. The van der Waals surface area contributed by atoms with Gasteiger partial charge in [-0.25, -0.2) is 17.8 Å². The molecule has 0 aliphatic rings. The van der Waals surface area contributed by atoms with Crippen LogP contribution >= 0.6 is 0 Å². The second-order valence-corrected chi connectivity index (χ2v) is 7.50. The highest BCUT2D eigenvalue weighted by Gasteiger charge is 2.09. The molecule has 140 valence electrons. The summed E-state index contributed by atoms with van der Waals surface area (Å²) in [6.45, 7) is 1.52. The maximum Gasteiger partial charge on any atom is 0.325 e. The number of carboxylic acids is 1. The van der Waals surface area contributed by atoms with Crippen LogP contribution in [0.5, 0.6) is 0 Å². The number of hydrogen-bond acceptors (Lipinski definition) is 6. The van der Waals surface area contributed by atoms with Crippen molar-refractivity contribution < 1.29 is 23.1 Å². The number of amides is 1. The summed E-state index contributed by atoms with van der Waals surface area (Å²) in [7, 11) is -3.27. The molecule has 1 heterocycles. The zero-order valence-corrected chi connectivity index (χ0v) is 14.9. The van der Waals surface area contributed by atoms with Crippen LogP contribution in [0.2, 0.25) is 0 Å². The molecule has 0 spiro atoms. The Bertz CT molecular complexity index is 876. The van der Waals surface area contributed by atoms with E-state index in [1.807, 2.05) is 0 Å². The molecule has 1 aromatic heterocycles. The first-order valence-electron chi connectivity index (χ1n) is 7.74. The van der Waals surface area contributed by atoms with Crippen LogP contribution in [0.1, 0.15) is 28.5 Å². The van der Waals surface area contributed by atoms with Crippen molar-refractivity contribution in [3.63, 3.8) is 0 Å². The van der Waals surface area contributed by atoms with Crippen molar-refractivity contribution in [1.82, 2.24) is 25.0 Å². The van der Waals surface area contributed by atoms with Crippen LogP contribution < -0.4 is 10.0 Å². The van der Waals surface area contributed by atoms with Crippen molar-refractivity contribution in [2.24, 2.45) is 0 Å². The molecule has 0 atom stereocenters. The molecule has 0 aliphatic carbocycles. The van der Waals surface area contributed by atoms with Gasteiger partial charge in [-0.3, -0.25) is 9.59 Å². The number of aromatic nitrogens is 3. The van der Waals surface area contributed by atoms with Gasteiger partial charge in [0.2, 0.25) is 10.0 Å². The monoisotopic (exact) mass is 381 g/mol. The second kappa shape index (κ2) is 8.54. The maximum absolute atomic E-state index is 12.1. The van der Waals surface area contributed by atoms with E-state index in [2.05, 4.69) is 20.4 Å². The van der Waals surface area contributed by atoms with Crippen molar-refractivity contribution >= 4 is 21.9 Å². The lowest BCUT2D eigenvalue weighted by molar-refractivity contribution is -0.137. The van der Waals surface area contributed by atoms with Crippen LogP contribution in [0.3, 0.4) is 0 Å². The first-order valence-corrected chi connectivity index (χ1v) is 9.39. The Labute approximate surface area is 150 Å². The van der Waals surface area contributed by atoms with E-state index in [4.69, 9.17) is 5.11 Å². The number of nitrogens with one attached hydrogen (secondary N) is 2. The fourth-order valence-corrected chi connectivity index (χ4v) is 2.57. The summed E-state index contributed by atoms with van der Waals surface area (Å²) in [5.41, 5.74) is 1.57. The van der Waals surface area contributed by atoms with Gasteiger partial charge in [0.1, 0.15) is 12.2 Å². The van der Waals surface area contributed by atoms with Gasteiger partial charge in [-0.05, 0) is 24.6 Å². The SMILES string of the molecule is CCS(=O)(=O)NCc1ccc(C(=O)NCc2cn(CC(=O)O)nn2)cc1. The van der Waals surface area contributed by atoms with Crippen LogP contribution in [0.4, 0.5) is 0 Å². The van der Waals surface area contributed by atoms with Crippen molar-refractivity contribution in [2.45, 2.75) is 26.6 Å². The van der Waals surface area contributed by atoms with Gasteiger partial charge in [0.15, 0.2) is 0 Å². The predicted octanol–water partition coefficient (Wildman–Crippen LogP) is -0.268. The Morgan fingerprint density at radius 2 is 1.88 bits per heavy atom. The molecule has 0 aliphatic heterocycles. The molecule has 2 aromatic rings. The molecular formula is C15H19N5O5S. The minimum Gasteiger partial charge on any atom is -0.480 e. The van der Waals surface area contributed by atoms with E-state index in [1.165, 1.54) is 6.20 Å². The summed E-state index contributed by atoms with van der Waals surface area (Å²) in [6.07, 6.45) is 1.44. The van der Waals surface area contributed by atoms with Gasteiger partial charge in [0, 0.05) is 12.1 Å². The molecule has 10 nitrogen and oxygen atoms in total. The van der Waals surface area contributed by atoms with Gasteiger partial charge in [0.05, 0.1) is 18.5 Å². The molecule has 1 aromatic carbocycles. The number of sulfonamides is 1. The second-order valence-electron chi connectivity index (χ2n) is 5.41. The molecule has 26 heavy (non-hydrogen) atoms. The lowest BCUT2D eigenvalue weighted by atomic mass is 10.1. The Morgan fingerprint density at radius 1 is 1.19 bits per heavy atom. The van der Waals surface area contributed by atoms with Gasteiger partial charge in [-0.1, -0.05) is 17.3 Å². The largest absolute Gasteiger partial charge is 0.480 e. The van der Waals surface area contributed by atoms with Crippen molar-refractivity contribution in [2.75, 3.05) is 5.75 Å². The number of carbonyl (C=O) groups is 2. The predicted molar refractivity (Wildman–Crippen MR) is 91.6 cm³/mol. The molecule has 0 bridgehead atoms. The fourth-order valence-electron chi connectivity index (χ4n) is 1.98. The molecule has 1 amide bonds. The zero-order valence-electron chi connectivity index (χ0n) is 14.0. The average molecular weight is 381 g/mol. The lowest BCUT2D eigenvalue weighted by Gasteiger charge is -2.06. The van der Waals surface area contributed by atoms with E-state index in [0.717, 1.165) is 10.2 Å². The third-order valence-corrected chi connectivity index (χ3v) is 4.75. The minimum atomic E-state index is -3.27. The third kappa shape index (κ3) is 5.93. The molecule has 0 fully saturated rings. The van der Waals surface area contributed by atoms with E-state index in [9.17, 15) is 18.0 Å². The highest BCUT2D eigenvalue weighted by atomic mass is 32.2. The maximum atomic E-state index is 12.1. The van der Waals surface area contributed by atoms with Crippen LogP contribution in [0, 0.1) is 0 Å². The van der Waals surface area contributed by atoms with Gasteiger partial charge in [0.25, 0.3) is 5.91 Å². The first-order chi connectivity index (χ1) is 12.3. The number of nitrogens with zero attached hydrogens (tertiary/aromatic N) is 3. The quantitative estimate of drug-likeness (QED) is 0.542. The number of carbonyl (C=O) groups excluding carboxylic acids is 1. The highest BCUT2D eigenvalue weighted by molar-refractivity contribution is 7.89. The number of hydrogen-bond donors (Lipinski definition) is 3. The Hall–Kier alpha value is -2.79. The van der Waals surface area contributed by atoms with Crippen LogP contribution in [-0.2, 0) is 34.5 Å². The summed E-state index contributed by atoms with van der Waals surface area (Å²) < 4.78 is 26.4. The molecular weight excluding hydrogens is 362 g/mol. The molecule has 3 N–H and O–H groups in total. The highest BCUT2D eigenvalue weighted by Crippen LogP contribution is 2.05. The molecule has 2 rings (SSSR count). The summed E-state index contributed by atoms with van der Waals surface area (Å²) in [5, 5.41) is 18.7. The van der Waals surface area contributed by atoms with E-state index >= 15 is 0 Å². The molecule has 0 unspecified atom stereocenters. The smallest absolute Gasteiger partial charge is 0.325 e. The summed E-state index contributed by atoms with van der Waals surface area (Å²) in [4.78, 5) is 22.7. The number of aliphatic carboxylic acids is 1. The Balaban J connectivity index is 1.87. The molecule has 11 heteroatoms. The van der Waals surface area contributed by atoms with Crippen molar-refractivity contribution in [3.05, 3.63) is 47.3 Å². The van der Waals surface area contributed by atoms with Gasteiger partial charge < -0.3 is 10.4 Å².